The van der Waals surface area contributed by atoms with Crippen molar-refractivity contribution in [3.05, 3.63) is 71.7 Å². The number of hydrogen-bond acceptors (Lipinski definition) is 4. The second kappa shape index (κ2) is 7.42. The van der Waals surface area contributed by atoms with Crippen molar-refractivity contribution in [1.29, 1.82) is 0 Å². The molecule has 144 valence electrons. The Morgan fingerprint density at radius 3 is 3.07 bits per heavy atom. The molecule has 0 amide bonds. The fourth-order valence-electron chi connectivity index (χ4n) is 3.55. The zero-order valence-electron chi connectivity index (χ0n) is 16.0. The molecule has 0 bridgehead atoms. The van der Waals surface area contributed by atoms with E-state index in [1.165, 1.54) is 23.4 Å². The number of aromatic nitrogens is 5. The lowest BCUT2D eigenvalue weighted by molar-refractivity contribution is 0.597. The Morgan fingerprint density at radius 2 is 2.29 bits per heavy atom. The van der Waals surface area contributed by atoms with Crippen LogP contribution in [0.3, 0.4) is 0 Å². The largest absolute Gasteiger partial charge is 0.365 e. The number of halogens is 1. The third kappa shape index (κ3) is 3.35. The molecule has 0 aliphatic heterocycles. The maximum absolute atomic E-state index is 13.8. The van der Waals surface area contributed by atoms with Crippen LogP contribution >= 0.6 is 0 Å². The van der Waals surface area contributed by atoms with Gasteiger partial charge in [-0.15, -0.1) is 0 Å². The van der Waals surface area contributed by atoms with Gasteiger partial charge in [-0.1, -0.05) is 12.7 Å². The van der Waals surface area contributed by atoms with E-state index in [0.717, 1.165) is 24.8 Å². The van der Waals surface area contributed by atoms with Crippen LogP contribution in [0, 0.1) is 6.92 Å². The molecule has 1 aliphatic rings. The van der Waals surface area contributed by atoms with Crippen LogP contribution in [0.2, 0.25) is 0 Å². The Morgan fingerprint density at radius 1 is 1.43 bits per heavy atom. The molecule has 0 saturated heterocycles. The molecule has 1 aliphatic carbocycles. The van der Waals surface area contributed by atoms with Crippen molar-refractivity contribution >= 4 is 17.2 Å². The Hall–Kier alpha value is -3.22. The van der Waals surface area contributed by atoms with Gasteiger partial charge in [0, 0.05) is 29.1 Å². The van der Waals surface area contributed by atoms with Gasteiger partial charge < -0.3 is 10.3 Å². The van der Waals surface area contributed by atoms with Gasteiger partial charge in [0.1, 0.15) is 5.83 Å². The van der Waals surface area contributed by atoms with Gasteiger partial charge in [-0.25, -0.2) is 9.37 Å². The molecular formula is C21H23FN6. The van der Waals surface area contributed by atoms with Crippen molar-refractivity contribution in [1.82, 2.24) is 24.6 Å². The molecule has 4 rings (SSSR count). The molecule has 2 N–H and O–H groups in total. The van der Waals surface area contributed by atoms with Crippen molar-refractivity contribution in [2.45, 2.75) is 39.2 Å². The van der Waals surface area contributed by atoms with E-state index in [2.05, 4.69) is 38.0 Å². The van der Waals surface area contributed by atoms with E-state index in [0.29, 0.717) is 23.0 Å². The Labute approximate surface area is 162 Å². The van der Waals surface area contributed by atoms with Gasteiger partial charge in [-0.2, -0.15) is 14.6 Å². The van der Waals surface area contributed by atoms with Crippen molar-refractivity contribution in [2.75, 3.05) is 5.32 Å². The summed E-state index contributed by atoms with van der Waals surface area (Å²) >= 11 is 0. The van der Waals surface area contributed by atoms with E-state index >= 15 is 0 Å². The predicted octanol–water partition coefficient (Wildman–Crippen LogP) is 4.17. The lowest BCUT2D eigenvalue weighted by atomic mass is 9.93. The minimum atomic E-state index is -0.427. The van der Waals surface area contributed by atoms with E-state index in [4.69, 9.17) is 0 Å². The predicted molar refractivity (Wildman–Crippen MR) is 109 cm³/mol. The van der Waals surface area contributed by atoms with Gasteiger partial charge in [0.15, 0.2) is 11.5 Å². The van der Waals surface area contributed by atoms with E-state index in [-0.39, 0.29) is 6.04 Å². The maximum atomic E-state index is 13.8. The lowest BCUT2D eigenvalue weighted by Gasteiger charge is -2.24. The molecule has 1 atom stereocenters. The highest BCUT2D eigenvalue weighted by Gasteiger charge is 2.22. The second-order valence-corrected chi connectivity index (χ2v) is 6.98. The normalized spacial score (nSPS) is 17.6. The number of aryl methyl sites for hydroxylation is 2. The fourth-order valence-corrected chi connectivity index (χ4v) is 3.55. The standard InChI is InChI=1S/C21H23FN6/c1-4-14(10-16(22)5-2)19-26-20-13(3)12-24-28(20)21(27-19)25-17-6-7-18-15(11-17)8-9-23-18/h4-5,8-10,12,17,23H,2,6-7,11H2,1,3H3,(H,25,26,27)/b14-4+,16-10+/t17-/m0/s1. The fraction of sp³-hybridized carbons (Fsp3) is 0.286. The first kappa shape index (κ1) is 18.2. The highest BCUT2D eigenvalue weighted by atomic mass is 19.1. The third-order valence-electron chi connectivity index (χ3n) is 5.07. The zero-order valence-corrected chi connectivity index (χ0v) is 16.0. The molecule has 0 radical (unpaired) electrons. The summed E-state index contributed by atoms with van der Waals surface area (Å²) in [5, 5.41) is 7.95. The van der Waals surface area contributed by atoms with Gasteiger partial charge >= 0.3 is 0 Å². The van der Waals surface area contributed by atoms with Crippen LogP contribution in [0.15, 0.2) is 49.1 Å². The number of aromatic amines is 1. The molecule has 0 saturated carbocycles. The minimum Gasteiger partial charge on any atom is -0.365 e. The van der Waals surface area contributed by atoms with Crippen LogP contribution in [-0.2, 0) is 12.8 Å². The third-order valence-corrected chi connectivity index (χ3v) is 5.07. The van der Waals surface area contributed by atoms with Crippen LogP contribution in [-0.4, -0.2) is 30.6 Å². The highest BCUT2D eigenvalue weighted by molar-refractivity contribution is 5.72. The molecule has 3 aromatic heterocycles. The molecule has 3 aromatic rings. The van der Waals surface area contributed by atoms with Gasteiger partial charge in [0.2, 0.25) is 5.95 Å². The van der Waals surface area contributed by atoms with Crippen LogP contribution in [0.1, 0.15) is 36.0 Å². The zero-order chi connectivity index (χ0) is 19.7. The Balaban J connectivity index is 1.72. The van der Waals surface area contributed by atoms with E-state index in [1.54, 1.807) is 16.8 Å². The lowest BCUT2D eigenvalue weighted by Crippen LogP contribution is -2.29. The number of anilines is 1. The van der Waals surface area contributed by atoms with E-state index < -0.39 is 5.83 Å². The van der Waals surface area contributed by atoms with Crippen LogP contribution in [0.5, 0.6) is 0 Å². The SMILES string of the molecule is C=C/C(F)=C\C(=C/C)c1nc(N[C@H]2CCc3[nH]ccc3C2)n2ncc(C)c2n1. The average molecular weight is 378 g/mol. The Bertz CT molecular complexity index is 1090. The first-order valence-electron chi connectivity index (χ1n) is 9.39. The van der Waals surface area contributed by atoms with Gasteiger partial charge in [-0.3, -0.25) is 0 Å². The summed E-state index contributed by atoms with van der Waals surface area (Å²) in [4.78, 5) is 12.6. The summed E-state index contributed by atoms with van der Waals surface area (Å²) in [5.41, 5.74) is 4.88. The quantitative estimate of drug-likeness (QED) is 0.654. The number of nitrogens with one attached hydrogen (secondary N) is 2. The van der Waals surface area contributed by atoms with Gasteiger partial charge in [-0.05, 0) is 56.9 Å². The average Bonchev–Trinajstić information content (AvgIpc) is 3.32. The smallest absolute Gasteiger partial charge is 0.228 e. The van der Waals surface area contributed by atoms with Crippen molar-refractivity contribution in [3.63, 3.8) is 0 Å². The highest BCUT2D eigenvalue weighted by Crippen LogP contribution is 2.24. The van der Waals surface area contributed by atoms with Crippen molar-refractivity contribution in [2.24, 2.45) is 0 Å². The molecule has 7 heteroatoms. The number of rotatable bonds is 5. The monoisotopic (exact) mass is 378 g/mol. The van der Waals surface area contributed by atoms with Crippen LogP contribution < -0.4 is 5.32 Å². The summed E-state index contributed by atoms with van der Waals surface area (Å²) in [7, 11) is 0. The number of hydrogen-bond donors (Lipinski definition) is 2. The van der Waals surface area contributed by atoms with Gasteiger partial charge in [0.05, 0.1) is 6.20 Å². The van der Waals surface area contributed by atoms with E-state index in [1.807, 2.05) is 20.0 Å². The molecule has 0 fully saturated rings. The van der Waals surface area contributed by atoms with Crippen LogP contribution in [0.4, 0.5) is 10.3 Å². The summed E-state index contributed by atoms with van der Waals surface area (Å²) in [6.45, 7) is 7.25. The van der Waals surface area contributed by atoms with Gasteiger partial charge in [0.25, 0.3) is 0 Å². The Kier molecular flexibility index (Phi) is 4.81. The molecule has 6 nitrogen and oxygen atoms in total. The van der Waals surface area contributed by atoms with Crippen molar-refractivity contribution < 1.29 is 4.39 Å². The first-order valence-corrected chi connectivity index (χ1v) is 9.39. The maximum Gasteiger partial charge on any atom is 0.228 e. The first-order chi connectivity index (χ1) is 13.6. The van der Waals surface area contributed by atoms with Crippen molar-refractivity contribution in [3.8, 4) is 0 Å². The minimum absolute atomic E-state index is 0.244. The van der Waals surface area contributed by atoms with Crippen LogP contribution in [0.25, 0.3) is 11.2 Å². The molecule has 28 heavy (non-hydrogen) atoms. The molecule has 0 spiro atoms. The summed E-state index contributed by atoms with van der Waals surface area (Å²) in [5.74, 6) is 0.642. The summed E-state index contributed by atoms with van der Waals surface area (Å²) in [6.07, 6.45) is 11.0. The number of fused-ring (bicyclic) bond motifs is 2. The molecular weight excluding hydrogens is 355 g/mol. The second-order valence-electron chi connectivity index (χ2n) is 6.98. The number of allylic oxidation sites excluding steroid dienone is 5. The molecule has 3 heterocycles. The van der Waals surface area contributed by atoms with E-state index in [9.17, 15) is 4.39 Å². The molecule has 0 aromatic carbocycles. The summed E-state index contributed by atoms with van der Waals surface area (Å²) < 4.78 is 15.5. The number of H-pyrrole nitrogens is 1. The molecule has 0 unspecified atom stereocenters. The topological polar surface area (TPSA) is 70.9 Å². The summed E-state index contributed by atoms with van der Waals surface area (Å²) in [6, 6.07) is 2.37. The number of nitrogens with zero attached hydrogens (tertiary/aromatic N) is 4.